The number of halogens is 2. The number of aromatic nitrogens is 2. The Morgan fingerprint density at radius 3 is 2.18 bits per heavy atom. The minimum absolute atomic E-state index is 0.0389. The Balaban J connectivity index is 1.61. The number of aromatic amines is 1. The van der Waals surface area contributed by atoms with Crippen molar-refractivity contribution >= 4 is 17.8 Å². The molecule has 1 aliphatic heterocycles. The molecule has 3 atom stereocenters. The number of carbonyl (C=O) groups excluding carboxylic acids is 2. The first-order valence-electron chi connectivity index (χ1n) is 10.2. The number of carbonyl (C=O) groups is 2. The number of nitrogens with zero attached hydrogens (tertiary/aromatic N) is 1. The van der Waals surface area contributed by atoms with Gasteiger partial charge in [0, 0.05) is 6.07 Å². The molecule has 0 radical (unpaired) electrons. The average Bonchev–Trinajstić information content (AvgIpc) is 3.08. The number of alkyl halides is 2. The van der Waals surface area contributed by atoms with E-state index in [-0.39, 0.29) is 16.9 Å². The van der Waals surface area contributed by atoms with Gasteiger partial charge in [-0.2, -0.15) is 23.1 Å². The number of hydrogen-bond donors (Lipinski definition) is 2. The van der Waals surface area contributed by atoms with Gasteiger partial charge in [-0.1, -0.05) is 36.4 Å². The highest BCUT2D eigenvalue weighted by atomic mass is 19.3. The average molecular weight is 472 g/mol. The third kappa shape index (κ3) is 4.64. The largest absolute Gasteiger partial charge is 0.499 e. The van der Waals surface area contributed by atoms with Crippen LogP contribution in [0.4, 0.5) is 14.6 Å². The molecular formula is C23H20F2N3O6+. The summed E-state index contributed by atoms with van der Waals surface area (Å²) in [5, 5.41) is 0. The number of nitrogen functional groups attached to an aromatic ring is 1. The van der Waals surface area contributed by atoms with Crippen molar-refractivity contribution in [2.75, 3.05) is 12.3 Å². The lowest BCUT2D eigenvalue weighted by molar-refractivity contribution is -0.789. The van der Waals surface area contributed by atoms with Crippen molar-refractivity contribution in [1.29, 1.82) is 0 Å². The molecule has 2 aromatic carbocycles. The summed E-state index contributed by atoms with van der Waals surface area (Å²) in [6, 6.07) is 16.7. The van der Waals surface area contributed by atoms with Gasteiger partial charge in [0.2, 0.25) is 6.10 Å². The summed E-state index contributed by atoms with van der Waals surface area (Å²) in [5.41, 5.74) is 4.77. The fraction of sp³-hybridized carbons (Fsp3) is 0.217. The van der Waals surface area contributed by atoms with E-state index >= 15 is 8.78 Å². The van der Waals surface area contributed by atoms with E-state index in [0.717, 1.165) is 6.20 Å². The molecule has 1 aliphatic rings. The highest BCUT2D eigenvalue weighted by Gasteiger charge is 2.65. The number of anilines is 1. The molecule has 1 saturated heterocycles. The number of ether oxygens (including phenoxy) is 3. The van der Waals surface area contributed by atoms with E-state index in [1.807, 2.05) is 0 Å². The Bertz CT molecular complexity index is 1240. The molecule has 2 heterocycles. The normalized spacial score (nSPS) is 21.1. The predicted octanol–water partition coefficient (Wildman–Crippen LogP) is 1.86. The highest BCUT2D eigenvalue weighted by molar-refractivity contribution is 5.90. The summed E-state index contributed by atoms with van der Waals surface area (Å²) in [6.45, 7) is -0.653. The van der Waals surface area contributed by atoms with Gasteiger partial charge in [-0.05, 0) is 24.3 Å². The number of hydrogen-bond acceptors (Lipinski definition) is 7. The number of nitrogens with two attached hydrogens (primary N) is 1. The number of benzene rings is 2. The Morgan fingerprint density at radius 2 is 1.59 bits per heavy atom. The van der Waals surface area contributed by atoms with Gasteiger partial charge in [-0.25, -0.2) is 9.59 Å². The maximum absolute atomic E-state index is 15.5. The molecule has 1 fully saturated rings. The van der Waals surface area contributed by atoms with Crippen LogP contribution in [0, 0.1) is 0 Å². The van der Waals surface area contributed by atoms with Crippen molar-refractivity contribution in [2.45, 2.75) is 24.4 Å². The molecule has 3 N–H and O–H groups in total. The first kappa shape index (κ1) is 23.1. The van der Waals surface area contributed by atoms with Crippen LogP contribution in [0.15, 0.2) is 77.7 Å². The maximum atomic E-state index is 15.5. The van der Waals surface area contributed by atoms with Gasteiger partial charge in [0.25, 0.3) is 6.23 Å². The molecule has 0 aliphatic carbocycles. The van der Waals surface area contributed by atoms with Crippen LogP contribution in [0.2, 0.25) is 0 Å². The molecule has 0 amide bonds. The lowest BCUT2D eigenvalue weighted by Crippen LogP contribution is -2.60. The van der Waals surface area contributed by atoms with Crippen molar-refractivity contribution in [3.63, 3.8) is 0 Å². The van der Waals surface area contributed by atoms with Crippen molar-refractivity contribution in [1.82, 2.24) is 4.98 Å². The minimum atomic E-state index is -3.86. The van der Waals surface area contributed by atoms with Gasteiger partial charge in [0.15, 0.2) is 5.82 Å². The Kier molecular flexibility index (Phi) is 6.37. The molecule has 3 aromatic rings. The summed E-state index contributed by atoms with van der Waals surface area (Å²) in [6.07, 6.45) is -4.84. The van der Waals surface area contributed by atoms with E-state index in [0.29, 0.717) is 4.57 Å². The second-order valence-corrected chi connectivity index (χ2v) is 7.47. The topological polar surface area (TPSA) is 125 Å². The molecular weight excluding hydrogens is 452 g/mol. The van der Waals surface area contributed by atoms with E-state index in [9.17, 15) is 14.4 Å². The summed E-state index contributed by atoms with van der Waals surface area (Å²) >= 11 is 0. The molecule has 176 valence electrons. The van der Waals surface area contributed by atoms with Gasteiger partial charge in [0.1, 0.15) is 18.9 Å². The number of nitrogens with one attached hydrogen (secondary N) is 1. The zero-order chi connectivity index (χ0) is 24.3. The fourth-order valence-electron chi connectivity index (χ4n) is 3.46. The second-order valence-electron chi connectivity index (χ2n) is 7.47. The lowest BCUT2D eigenvalue weighted by atomic mass is 10.1. The predicted molar refractivity (Wildman–Crippen MR) is 113 cm³/mol. The van der Waals surface area contributed by atoms with Crippen LogP contribution in [0.3, 0.4) is 0 Å². The smallest absolute Gasteiger partial charge is 0.459 e. The standard InChI is InChI=1S/C23H19F2N3O6/c24-23(25)18(34-20(30)15-9-5-2-6-10-15)16(13-32-19(29)14-7-3-1-4-8-14)33-21(23)28-12-11-17(26)27-22(28)31/h1-12,16,18,21H,13H2,(H2,26,27,31)/p+1/t16-,18-,21-/m1/s1. The van der Waals surface area contributed by atoms with E-state index < -0.39 is 48.6 Å². The summed E-state index contributed by atoms with van der Waals surface area (Å²) in [5.74, 6) is -5.70. The van der Waals surface area contributed by atoms with Gasteiger partial charge in [-0.3, -0.25) is 0 Å². The zero-order valence-electron chi connectivity index (χ0n) is 17.6. The molecule has 0 saturated carbocycles. The van der Waals surface area contributed by atoms with E-state index in [1.54, 1.807) is 36.4 Å². The Hall–Kier alpha value is -4.12. The molecule has 9 nitrogen and oxygen atoms in total. The SMILES string of the molecule is Nc1cc[n+]([C@@H]2O[C@H](COC(=O)c3ccccc3)[C@@H](OC(=O)c3ccccc3)C2(F)F)c(=O)[nH]1. The third-order valence-corrected chi connectivity index (χ3v) is 5.13. The van der Waals surface area contributed by atoms with E-state index in [4.69, 9.17) is 19.9 Å². The van der Waals surface area contributed by atoms with Gasteiger partial charge >= 0.3 is 23.6 Å². The summed E-state index contributed by atoms with van der Waals surface area (Å²) < 4.78 is 47.2. The second kappa shape index (κ2) is 9.40. The van der Waals surface area contributed by atoms with Crippen LogP contribution in [-0.2, 0) is 14.2 Å². The highest BCUT2D eigenvalue weighted by Crippen LogP contribution is 2.42. The van der Waals surface area contributed by atoms with Gasteiger partial charge in [-0.15, -0.1) is 0 Å². The molecule has 0 bridgehead atoms. The number of H-pyrrole nitrogens is 1. The number of esters is 2. The lowest BCUT2D eigenvalue weighted by Gasteiger charge is -2.22. The first-order chi connectivity index (χ1) is 16.3. The summed E-state index contributed by atoms with van der Waals surface area (Å²) in [4.78, 5) is 39.3. The van der Waals surface area contributed by atoms with Crippen LogP contribution in [0.5, 0.6) is 0 Å². The van der Waals surface area contributed by atoms with Crippen molar-refractivity contribution in [2.24, 2.45) is 0 Å². The fourth-order valence-corrected chi connectivity index (χ4v) is 3.46. The van der Waals surface area contributed by atoms with Crippen molar-refractivity contribution < 1.29 is 37.1 Å². The van der Waals surface area contributed by atoms with Gasteiger partial charge < -0.3 is 19.9 Å². The molecule has 4 rings (SSSR count). The molecule has 1 aromatic heterocycles. The zero-order valence-corrected chi connectivity index (χ0v) is 17.6. The Morgan fingerprint density at radius 1 is 1.00 bits per heavy atom. The maximum Gasteiger partial charge on any atom is 0.499 e. The third-order valence-electron chi connectivity index (χ3n) is 5.13. The summed E-state index contributed by atoms with van der Waals surface area (Å²) in [7, 11) is 0. The Labute approximate surface area is 191 Å². The van der Waals surface area contributed by atoms with Crippen LogP contribution in [0.25, 0.3) is 0 Å². The quantitative estimate of drug-likeness (QED) is 0.415. The van der Waals surface area contributed by atoms with E-state index in [1.165, 1.54) is 30.3 Å². The van der Waals surface area contributed by atoms with E-state index in [2.05, 4.69) is 4.98 Å². The van der Waals surface area contributed by atoms with Crippen LogP contribution >= 0.6 is 0 Å². The van der Waals surface area contributed by atoms with Crippen LogP contribution in [0.1, 0.15) is 26.9 Å². The van der Waals surface area contributed by atoms with Crippen molar-refractivity contribution in [3.8, 4) is 0 Å². The van der Waals surface area contributed by atoms with Crippen molar-refractivity contribution in [3.05, 3.63) is 94.5 Å². The minimum Gasteiger partial charge on any atom is -0.459 e. The molecule has 34 heavy (non-hydrogen) atoms. The number of rotatable bonds is 6. The molecule has 11 heteroatoms. The van der Waals surface area contributed by atoms with Gasteiger partial charge in [0.05, 0.1) is 11.1 Å². The molecule has 0 unspecified atom stereocenters. The van der Waals surface area contributed by atoms with Crippen LogP contribution < -0.4 is 16.0 Å². The monoisotopic (exact) mass is 472 g/mol. The molecule has 0 spiro atoms. The first-order valence-corrected chi connectivity index (χ1v) is 10.2. The van der Waals surface area contributed by atoms with Crippen LogP contribution in [-0.4, -0.2) is 41.7 Å².